The molecule has 88 valence electrons. The molecule has 0 fully saturated rings. The van der Waals surface area contributed by atoms with E-state index in [1.54, 1.807) is 0 Å². The van der Waals surface area contributed by atoms with E-state index < -0.39 is 0 Å². The van der Waals surface area contributed by atoms with Crippen LogP contribution in [-0.2, 0) is 7.05 Å². The Kier molecular flexibility index (Phi) is 7.70. The van der Waals surface area contributed by atoms with Crippen LogP contribution in [0.3, 0.4) is 0 Å². The molecule has 1 aromatic rings. The number of aliphatic hydroxyl groups excluding tert-OH is 1. The lowest BCUT2D eigenvalue weighted by atomic mass is 10.1. The number of aromatic nitrogens is 2. The first kappa shape index (κ1) is 14.6. The fourth-order valence-corrected chi connectivity index (χ4v) is 1.55. The van der Waals surface area contributed by atoms with Gasteiger partial charge in [-0.05, 0) is 6.42 Å². The number of rotatable bonds is 6. The Balaban J connectivity index is 0.00000196. The molecule has 4 heteroatoms. The summed E-state index contributed by atoms with van der Waals surface area (Å²) in [5.41, 5.74) is 0. The zero-order valence-electron chi connectivity index (χ0n) is 9.56. The highest BCUT2D eigenvalue weighted by molar-refractivity contribution is 4.69. The van der Waals surface area contributed by atoms with Crippen molar-refractivity contribution in [1.82, 2.24) is 4.57 Å². The summed E-state index contributed by atoms with van der Waals surface area (Å²) in [5, 5.41) is 9.78. The lowest BCUT2D eigenvalue weighted by Crippen LogP contribution is -3.00. The van der Waals surface area contributed by atoms with Gasteiger partial charge in [0.2, 0.25) is 6.33 Å². The molecule has 0 saturated heterocycles. The predicted molar refractivity (Wildman–Crippen MR) is 55.6 cm³/mol. The molecular weight excluding hydrogens is 256 g/mol. The number of hydrogen-bond acceptors (Lipinski definition) is 1. The molecule has 0 spiro atoms. The largest absolute Gasteiger partial charge is 1.00 e. The van der Waals surface area contributed by atoms with Gasteiger partial charge in [-0.25, -0.2) is 9.13 Å². The number of hydrogen-bond donors (Lipinski definition) is 1. The third-order valence-electron chi connectivity index (χ3n) is 2.45. The van der Waals surface area contributed by atoms with Crippen LogP contribution in [0.1, 0.15) is 45.3 Å². The molecule has 0 aliphatic rings. The van der Waals surface area contributed by atoms with Crippen molar-refractivity contribution in [1.29, 1.82) is 0 Å². The summed E-state index contributed by atoms with van der Waals surface area (Å²) in [5.74, 6) is 0. The van der Waals surface area contributed by atoms with Crippen LogP contribution in [0.4, 0.5) is 0 Å². The minimum Gasteiger partial charge on any atom is -1.00 e. The van der Waals surface area contributed by atoms with Gasteiger partial charge in [0.05, 0.1) is 7.05 Å². The van der Waals surface area contributed by atoms with Crippen LogP contribution in [-0.4, -0.2) is 9.67 Å². The molecule has 0 aliphatic heterocycles. The maximum absolute atomic E-state index is 9.78. The lowest BCUT2D eigenvalue weighted by molar-refractivity contribution is -0.671. The van der Waals surface area contributed by atoms with Crippen molar-refractivity contribution in [2.75, 3.05) is 0 Å². The summed E-state index contributed by atoms with van der Waals surface area (Å²) in [6.45, 7) is 2.20. The molecule has 3 nitrogen and oxygen atoms in total. The lowest BCUT2D eigenvalue weighted by Gasteiger charge is -2.05. The van der Waals surface area contributed by atoms with Crippen molar-refractivity contribution in [3.05, 3.63) is 18.7 Å². The smallest absolute Gasteiger partial charge is 0.245 e. The van der Waals surface area contributed by atoms with Gasteiger partial charge in [0.1, 0.15) is 12.4 Å². The number of unbranched alkanes of at least 4 members (excludes halogenated alkanes) is 3. The van der Waals surface area contributed by atoms with Crippen LogP contribution in [0.5, 0.6) is 0 Å². The van der Waals surface area contributed by atoms with E-state index in [1.165, 1.54) is 19.3 Å². The molecule has 15 heavy (non-hydrogen) atoms. The summed E-state index contributed by atoms with van der Waals surface area (Å²) >= 11 is 0. The van der Waals surface area contributed by atoms with Gasteiger partial charge in [-0.1, -0.05) is 26.2 Å². The second kappa shape index (κ2) is 7.88. The van der Waals surface area contributed by atoms with Crippen molar-refractivity contribution >= 4 is 0 Å². The normalized spacial score (nSPS) is 12.2. The second-order valence-corrected chi connectivity index (χ2v) is 3.86. The van der Waals surface area contributed by atoms with Gasteiger partial charge in [0, 0.05) is 6.42 Å². The van der Waals surface area contributed by atoms with Crippen molar-refractivity contribution in [2.45, 2.75) is 45.3 Å². The average Bonchev–Trinajstić information content (AvgIpc) is 2.59. The Morgan fingerprint density at radius 2 is 2.07 bits per heavy atom. The zero-order chi connectivity index (χ0) is 10.4. The highest BCUT2D eigenvalue weighted by Crippen LogP contribution is 2.12. The molecule has 1 rings (SSSR count). The molecular formula is C11H21BrN2O. The summed E-state index contributed by atoms with van der Waals surface area (Å²) in [4.78, 5) is 0. The highest BCUT2D eigenvalue weighted by Gasteiger charge is 2.11. The van der Waals surface area contributed by atoms with E-state index in [4.69, 9.17) is 0 Å². The van der Waals surface area contributed by atoms with E-state index in [1.807, 2.05) is 34.9 Å². The number of imidazole rings is 1. The standard InChI is InChI=1S/C11H21N2O.BrH/c1-3-4-5-6-7-11(14)13-9-8-12(2)10-13;/h8-11,14H,3-7H2,1-2H3;1H/q+1;/p-1. The predicted octanol–water partition coefficient (Wildman–Crippen LogP) is -1.22. The van der Waals surface area contributed by atoms with Crippen molar-refractivity contribution in [3.63, 3.8) is 0 Å². The fraction of sp³-hybridized carbons (Fsp3) is 0.727. The van der Waals surface area contributed by atoms with E-state index in [0.29, 0.717) is 0 Å². The van der Waals surface area contributed by atoms with Crippen LogP contribution in [0.2, 0.25) is 0 Å². The van der Waals surface area contributed by atoms with E-state index in [2.05, 4.69) is 6.92 Å². The zero-order valence-corrected chi connectivity index (χ0v) is 11.2. The molecule has 1 atom stereocenters. The van der Waals surface area contributed by atoms with Gasteiger partial charge in [-0.3, -0.25) is 0 Å². The highest BCUT2D eigenvalue weighted by atomic mass is 79.9. The van der Waals surface area contributed by atoms with Crippen molar-refractivity contribution in [2.24, 2.45) is 7.05 Å². The van der Waals surface area contributed by atoms with E-state index >= 15 is 0 Å². The molecule has 0 amide bonds. The van der Waals surface area contributed by atoms with Crippen LogP contribution < -0.4 is 21.5 Å². The topological polar surface area (TPSA) is 29.0 Å². The summed E-state index contributed by atoms with van der Waals surface area (Å²) in [7, 11) is 1.96. The Labute approximate surface area is 103 Å². The van der Waals surface area contributed by atoms with Crippen molar-refractivity contribution < 1.29 is 26.7 Å². The van der Waals surface area contributed by atoms with Gasteiger partial charge in [-0.15, -0.1) is 0 Å². The second-order valence-electron chi connectivity index (χ2n) is 3.86. The van der Waals surface area contributed by atoms with Gasteiger partial charge >= 0.3 is 0 Å². The molecule has 1 unspecified atom stereocenters. The molecule has 0 radical (unpaired) electrons. The first-order valence-electron chi connectivity index (χ1n) is 5.45. The molecule has 0 bridgehead atoms. The molecule has 1 N–H and O–H groups in total. The maximum atomic E-state index is 9.78. The quantitative estimate of drug-likeness (QED) is 0.512. The molecule has 1 aromatic heterocycles. The van der Waals surface area contributed by atoms with Gasteiger partial charge < -0.3 is 22.1 Å². The Morgan fingerprint density at radius 1 is 1.33 bits per heavy atom. The summed E-state index contributed by atoms with van der Waals surface area (Å²) in [6.07, 6.45) is 11.1. The Morgan fingerprint density at radius 3 is 2.60 bits per heavy atom. The molecule has 1 heterocycles. The van der Waals surface area contributed by atoms with Gasteiger partial charge in [0.15, 0.2) is 6.23 Å². The first-order chi connectivity index (χ1) is 6.74. The van der Waals surface area contributed by atoms with Gasteiger partial charge in [-0.2, -0.15) is 0 Å². The first-order valence-corrected chi connectivity index (χ1v) is 5.45. The maximum Gasteiger partial charge on any atom is 0.245 e. The van der Waals surface area contributed by atoms with Crippen LogP contribution in [0.15, 0.2) is 18.7 Å². The monoisotopic (exact) mass is 276 g/mol. The number of halogens is 1. The number of nitrogens with zero attached hydrogens (tertiary/aromatic N) is 2. The Hall–Kier alpha value is -0.350. The molecule has 0 aromatic carbocycles. The average molecular weight is 277 g/mol. The molecule has 0 aliphatic carbocycles. The Bertz CT molecular complexity index is 263. The van der Waals surface area contributed by atoms with E-state index in [-0.39, 0.29) is 23.2 Å². The summed E-state index contributed by atoms with van der Waals surface area (Å²) in [6, 6.07) is 0. The SMILES string of the molecule is CCCCCCC(O)n1cc[n+](C)c1.[Br-]. The van der Waals surface area contributed by atoms with Gasteiger partial charge in [0.25, 0.3) is 0 Å². The minimum atomic E-state index is -0.354. The van der Waals surface area contributed by atoms with Crippen LogP contribution in [0.25, 0.3) is 0 Å². The minimum absolute atomic E-state index is 0. The van der Waals surface area contributed by atoms with E-state index in [9.17, 15) is 5.11 Å². The van der Waals surface area contributed by atoms with E-state index in [0.717, 1.165) is 12.8 Å². The summed E-state index contributed by atoms with van der Waals surface area (Å²) < 4.78 is 3.79. The molecule has 0 saturated carbocycles. The van der Waals surface area contributed by atoms with Crippen LogP contribution in [0, 0.1) is 0 Å². The third kappa shape index (κ3) is 5.33. The third-order valence-corrected chi connectivity index (χ3v) is 2.45. The number of aryl methyl sites for hydroxylation is 1. The number of aliphatic hydroxyl groups is 1. The fourth-order valence-electron chi connectivity index (χ4n) is 1.55. The van der Waals surface area contributed by atoms with Crippen molar-refractivity contribution in [3.8, 4) is 0 Å². The van der Waals surface area contributed by atoms with Crippen LogP contribution >= 0.6 is 0 Å².